The zero-order chi connectivity index (χ0) is 17.6. The standard InChI is InChI=1S/C20H11Br2NO2/c21-11-6-7-14-15(8-11)20(25)18-16(19(14)24)9-12(22)10-17(18)23-13-4-2-1-3-5-13/h1-10,23H. The van der Waals surface area contributed by atoms with E-state index in [1.807, 2.05) is 36.4 Å². The van der Waals surface area contributed by atoms with Crippen LogP contribution in [-0.4, -0.2) is 11.6 Å². The van der Waals surface area contributed by atoms with E-state index >= 15 is 0 Å². The van der Waals surface area contributed by atoms with Crippen molar-refractivity contribution in [2.24, 2.45) is 0 Å². The first-order valence-electron chi connectivity index (χ1n) is 7.59. The summed E-state index contributed by atoms with van der Waals surface area (Å²) in [5, 5.41) is 3.25. The minimum absolute atomic E-state index is 0.144. The molecule has 0 saturated carbocycles. The lowest BCUT2D eigenvalue weighted by Crippen LogP contribution is -2.22. The molecular weight excluding hydrogens is 446 g/mol. The number of carbonyl (C=O) groups is 2. The van der Waals surface area contributed by atoms with Crippen molar-refractivity contribution < 1.29 is 9.59 Å². The lowest BCUT2D eigenvalue weighted by Gasteiger charge is -2.21. The van der Waals surface area contributed by atoms with Crippen molar-refractivity contribution in [3.8, 4) is 0 Å². The molecule has 3 aromatic rings. The lowest BCUT2D eigenvalue weighted by molar-refractivity contribution is 0.0979. The van der Waals surface area contributed by atoms with Crippen molar-refractivity contribution in [2.75, 3.05) is 5.32 Å². The monoisotopic (exact) mass is 455 g/mol. The highest BCUT2D eigenvalue weighted by atomic mass is 79.9. The highest BCUT2D eigenvalue weighted by Crippen LogP contribution is 2.36. The van der Waals surface area contributed by atoms with Gasteiger partial charge in [0.1, 0.15) is 0 Å². The van der Waals surface area contributed by atoms with Crippen LogP contribution in [0.3, 0.4) is 0 Å². The summed E-state index contributed by atoms with van der Waals surface area (Å²) < 4.78 is 1.51. The molecule has 0 aromatic heterocycles. The van der Waals surface area contributed by atoms with Crippen LogP contribution in [0.2, 0.25) is 0 Å². The van der Waals surface area contributed by atoms with E-state index in [1.54, 1.807) is 24.3 Å². The highest BCUT2D eigenvalue weighted by Gasteiger charge is 2.32. The van der Waals surface area contributed by atoms with E-state index in [2.05, 4.69) is 37.2 Å². The summed E-state index contributed by atoms with van der Waals surface area (Å²) >= 11 is 6.82. The second-order valence-corrected chi connectivity index (χ2v) is 7.55. The normalized spacial score (nSPS) is 12.6. The van der Waals surface area contributed by atoms with Gasteiger partial charge in [-0.25, -0.2) is 0 Å². The smallest absolute Gasteiger partial charge is 0.196 e. The van der Waals surface area contributed by atoms with Crippen molar-refractivity contribution in [1.29, 1.82) is 0 Å². The fraction of sp³-hybridized carbons (Fsp3) is 0. The summed E-state index contributed by atoms with van der Waals surface area (Å²) in [6.07, 6.45) is 0. The van der Waals surface area contributed by atoms with Crippen LogP contribution >= 0.6 is 31.9 Å². The molecule has 0 spiro atoms. The van der Waals surface area contributed by atoms with Crippen LogP contribution in [0.1, 0.15) is 31.8 Å². The van der Waals surface area contributed by atoms with E-state index in [4.69, 9.17) is 0 Å². The zero-order valence-corrected chi connectivity index (χ0v) is 16.0. The van der Waals surface area contributed by atoms with Gasteiger partial charge in [0.05, 0.1) is 11.3 Å². The minimum atomic E-state index is -0.156. The molecule has 0 heterocycles. The first-order valence-corrected chi connectivity index (χ1v) is 9.18. The van der Waals surface area contributed by atoms with E-state index in [0.29, 0.717) is 27.9 Å². The number of anilines is 2. The second kappa shape index (κ2) is 6.24. The fourth-order valence-electron chi connectivity index (χ4n) is 2.99. The van der Waals surface area contributed by atoms with Gasteiger partial charge in [-0.05, 0) is 42.5 Å². The van der Waals surface area contributed by atoms with Gasteiger partial charge < -0.3 is 5.32 Å². The quantitative estimate of drug-likeness (QED) is 0.419. The van der Waals surface area contributed by atoms with E-state index in [1.165, 1.54) is 0 Å². The summed E-state index contributed by atoms with van der Waals surface area (Å²) in [7, 11) is 0. The molecule has 25 heavy (non-hydrogen) atoms. The topological polar surface area (TPSA) is 46.2 Å². The molecule has 1 aliphatic carbocycles. The van der Waals surface area contributed by atoms with E-state index in [-0.39, 0.29) is 11.6 Å². The number of halogens is 2. The fourth-order valence-corrected chi connectivity index (χ4v) is 3.81. The summed E-state index contributed by atoms with van der Waals surface area (Å²) in [6.45, 7) is 0. The first-order chi connectivity index (χ1) is 12.0. The summed E-state index contributed by atoms with van der Waals surface area (Å²) in [4.78, 5) is 26.0. The maximum absolute atomic E-state index is 13.1. The number of hydrogen-bond acceptors (Lipinski definition) is 3. The van der Waals surface area contributed by atoms with Gasteiger partial charge in [0.15, 0.2) is 11.6 Å². The van der Waals surface area contributed by atoms with Crippen molar-refractivity contribution in [1.82, 2.24) is 0 Å². The number of fused-ring (bicyclic) bond motifs is 2. The summed E-state index contributed by atoms with van der Waals surface area (Å²) in [5.41, 5.74) is 3.13. The van der Waals surface area contributed by atoms with Crippen LogP contribution in [0.4, 0.5) is 11.4 Å². The Bertz CT molecular complexity index is 1030. The molecular formula is C20H11Br2NO2. The third kappa shape index (κ3) is 2.83. The average Bonchev–Trinajstić information content (AvgIpc) is 2.60. The Kier molecular flexibility index (Phi) is 4.06. The van der Waals surface area contributed by atoms with Gasteiger partial charge >= 0.3 is 0 Å². The third-order valence-corrected chi connectivity index (χ3v) is 5.05. The Balaban J connectivity index is 1.91. The van der Waals surface area contributed by atoms with Gasteiger partial charge in [-0.3, -0.25) is 9.59 Å². The summed E-state index contributed by atoms with van der Waals surface area (Å²) in [6, 6.07) is 18.2. The molecule has 0 saturated heterocycles. The Hall–Kier alpha value is -2.24. The average molecular weight is 457 g/mol. The number of hydrogen-bond donors (Lipinski definition) is 1. The first kappa shape index (κ1) is 16.2. The van der Waals surface area contributed by atoms with Crippen LogP contribution in [0.5, 0.6) is 0 Å². The zero-order valence-electron chi connectivity index (χ0n) is 12.8. The number of rotatable bonds is 2. The molecule has 0 amide bonds. The van der Waals surface area contributed by atoms with E-state index in [0.717, 1.165) is 14.6 Å². The molecule has 0 aliphatic heterocycles. The Morgan fingerprint density at radius 2 is 1.40 bits per heavy atom. The molecule has 3 aromatic carbocycles. The van der Waals surface area contributed by atoms with Crippen molar-refractivity contribution >= 4 is 54.8 Å². The summed E-state index contributed by atoms with van der Waals surface area (Å²) in [5.74, 6) is -0.300. The van der Waals surface area contributed by atoms with Crippen molar-refractivity contribution in [3.05, 3.63) is 91.9 Å². The molecule has 1 aliphatic rings. The number of benzene rings is 3. The molecule has 0 atom stereocenters. The van der Waals surface area contributed by atoms with Gasteiger partial charge in [0, 0.05) is 31.3 Å². The number of para-hydroxylation sites is 1. The minimum Gasteiger partial charge on any atom is -0.355 e. The highest BCUT2D eigenvalue weighted by molar-refractivity contribution is 9.10. The van der Waals surface area contributed by atoms with Gasteiger partial charge in [-0.2, -0.15) is 0 Å². The van der Waals surface area contributed by atoms with Gasteiger partial charge in [0.25, 0.3) is 0 Å². The molecule has 0 bridgehead atoms. The maximum Gasteiger partial charge on any atom is 0.196 e. The van der Waals surface area contributed by atoms with Gasteiger partial charge in [-0.15, -0.1) is 0 Å². The van der Waals surface area contributed by atoms with E-state index < -0.39 is 0 Å². The van der Waals surface area contributed by atoms with Crippen LogP contribution in [0.15, 0.2) is 69.6 Å². The SMILES string of the molecule is O=C1c2ccc(Br)cc2C(=O)c2c(Nc3ccccc3)cc(Br)cc21. The molecule has 0 fully saturated rings. The maximum atomic E-state index is 13.1. The molecule has 122 valence electrons. The predicted octanol–water partition coefficient (Wildman–Crippen LogP) is 5.73. The van der Waals surface area contributed by atoms with Crippen LogP contribution in [-0.2, 0) is 0 Å². The number of ketones is 2. The third-order valence-electron chi connectivity index (χ3n) is 4.10. The second-order valence-electron chi connectivity index (χ2n) is 5.72. The van der Waals surface area contributed by atoms with Gasteiger partial charge in [-0.1, -0.05) is 50.1 Å². The van der Waals surface area contributed by atoms with Crippen LogP contribution in [0.25, 0.3) is 0 Å². The van der Waals surface area contributed by atoms with Crippen molar-refractivity contribution in [2.45, 2.75) is 0 Å². The Labute approximate surface area is 161 Å². The molecule has 0 unspecified atom stereocenters. The van der Waals surface area contributed by atoms with E-state index in [9.17, 15) is 9.59 Å². The molecule has 1 N–H and O–H groups in total. The number of carbonyl (C=O) groups excluding carboxylic acids is 2. The molecule has 3 nitrogen and oxygen atoms in total. The molecule has 4 rings (SSSR count). The largest absolute Gasteiger partial charge is 0.355 e. The van der Waals surface area contributed by atoms with Gasteiger partial charge in [0.2, 0.25) is 0 Å². The lowest BCUT2D eigenvalue weighted by atomic mass is 9.83. The number of nitrogens with one attached hydrogen (secondary N) is 1. The molecule has 0 radical (unpaired) electrons. The Morgan fingerprint density at radius 1 is 0.680 bits per heavy atom. The van der Waals surface area contributed by atoms with Crippen LogP contribution < -0.4 is 5.32 Å². The van der Waals surface area contributed by atoms with Crippen molar-refractivity contribution in [3.63, 3.8) is 0 Å². The van der Waals surface area contributed by atoms with Crippen LogP contribution in [0, 0.1) is 0 Å². The molecule has 5 heteroatoms. The predicted molar refractivity (Wildman–Crippen MR) is 105 cm³/mol. The Morgan fingerprint density at radius 3 is 2.16 bits per heavy atom.